The van der Waals surface area contributed by atoms with E-state index in [2.05, 4.69) is 25.4 Å². The Morgan fingerprint density at radius 3 is 2.72 bits per heavy atom. The van der Waals surface area contributed by atoms with Crippen LogP contribution >= 0.6 is 15.9 Å². The van der Waals surface area contributed by atoms with Crippen molar-refractivity contribution in [1.82, 2.24) is 0 Å². The summed E-state index contributed by atoms with van der Waals surface area (Å²) in [7, 11) is -3.85. The average molecular weight is 340 g/mol. The van der Waals surface area contributed by atoms with E-state index in [0.29, 0.717) is 0 Å². The molecule has 0 saturated carbocycles. The third kappa shape index (κ3) is 4.61. The van der Waals surface area contributed by atoms with Gasteiger partial charge in [-0.3, -0.25) is 9.52 Å². The number of benzene rings is 1. The second kappa shape index (κ2) is 6.14. The Bertz CT molecular complexity index is 547. The SMILES string of the molecule is CCOC(=O)CS(=O)(=O)Nc1ccc(F)c(Br)c1. The molecule has 1 rings (SSSR count). The van der Waals surface area contributed by atoms with Crippen LogP contribution in [0.15, 0.2) is 22.7 Å². The van der Waals surface area contributed by atoms with E-state index >= 15 is 0 Å². The third-order valence-electron chi connectivity index (χ3n) is 1.81. The van der Waals surface area contributed by atoms with Gasteiger partial charge in [-0.2, -0.15) is 0 Å². The molecule has 0 aromatic heterocycles. The average Bonchev–Trinajstić information content (AvgIpc) is 2.22. The number of anilines is 1. The van der Waals surface area contributed by atoms with E-state index in [4.69, 9.17) is 0 Å². The van der Waals surface area contributed by atoms with Crippen molar-refractivity contribution in [3.63, 3.8) is 0 Å². The van der Waals surface area contributed by atoms with Crippen molar-refractivity contribution in [3.8, 4) is 0 Å². The molecular formula is C10H11BrFNO4S. The Labute approximate surface area is 113 Å². The molecule has 0 aliphatic carbocycles. The summed E-state index contributed by atoms with van der Waals surface area (Å²) in [5.74, 6) is -2.13. The molecule has 100 valence electrons. The monoisotopic (exact) mass is 339 g/mol. The highest BCUT2D eigenvalue weighted by atomic mass is 79.9. The van der Waals surface area contributed by atoms with Crippen molar-refractivity contribution in [2.45, 2.75) is 6.92 Å². The lowest BCUT2D eigenvalue weighted by molar-refractivity contribution is -0.139. The smallest absolute Gasteiger partial charge is 0.323 e. The molecule has 1 aromatic carbocycles. The topological polar surface area (TPSA) is 72.5 Å². The van der Waals surface area contributed by atoms with Crippen LogP contribution < -0.4 is 4.72 Å². The van der Waals surface area contributed by atoms with E-state index in [9.17, 15) is 17.6 Å². The van der Waals surface area contributed by atoms with Gasteiger partial charge in [-0.25, -0.2) is 12.8 Å². The maximum atomic E-state index is 12.9. The van der Waals surface area contributed by atoms with Crippen LogP contribution in [0.3, 0.4) is 0 Å². The highest BCUT2D eigenvalue weighted by Crippen LogP contribution is 2.20. The molecule has 0 aliphatic rings. The molecule has 0 atom stereocenters. The van der Waals surface area contributed by atoms with Crippen molar-refractivity contribution < 1.29 is 22.3 Å². The summed E-state index contributed by atoms with van der Waals surface area (Å²) in [6, 6.07) is 3.62. The summed E-state index contributed by atoms with van der Waals surface area (Å²) < 4.78 is 42.9. The lowest BCUT2D eigenvalue weighted by Gasteiger charge is -2.08. The number of nitrogens with one attached hydrogen (secondary N) is 1. The summed E-state index contributed by atoms with van der Waals surface area (Å²) in [6.07, 6.45) is 0. The Hall–Kier alpha value is -1.15. The maximum absolute atomic E-state index is 12.9. The number of hydrogen-bond acceptors (Lipinski definition) is 4. The number of hydrogen-bond donors (Lipinski definition) is 1. The van der Waals surface area contributed by atoms with Gasteiger partial charge in [0.2, 0.25) is 10.0 Å². The van der Waals surface area contributed by atoms with Gasteiger partial charge in [-0.05, 0) is 41.1 Å². The zero-order chi connectivity index (χ0) is 13.8. The molecule has 0 radical (unpaired) electrons. The Balaban J connectivity index is 2.76. The summed E-state index contributed by atoms with van der Waals surface area (Å²) in [5.41, 5.74) is 0.160. The normalized spacial score (nSPS) is 11.1. The maximum Gasteiger partial charge on any atom is 0.323 e. The van der Waals surface area contributed by atoms with Gasteiger partial charge in [0.25, 0.3) is 0 Å². The summed E-state index contributed by atoms with van der Waals surface area (Å²) >= 11 is 2.93. The minimum atomic E-state index is -3.85. The fourth-order valence-electron chi connectivity index (χ4n) is 1.13. The summed E-state index contributed by atoms with van der Waals surface area (Å²) in [6.45, 7) is 1.69. The van der Waals surface area contributed by atoms with Crippen molar-refractivity contribution in [2.24, 2.45) is 0 Å². The van der Waals surface area contributed by atoms with Crippen LogP contribution in [0.1, 0.15) is 6.92 Å². The van der Waals surface area contributed by atoms with Crippen molar-refractivity contribution in [3.05, 3.63) is 28.5 Å². The minimum Gasteiger partial charge on any atom is -0.465 e. The number of ether oxygens (including phenoxy) is 1. The highest BCUT2D eigenvalue weighted by Gasteiger charge is 2.17. The van der Waals surface area contributed by atoms with Crippen LogP contribution in [0.5, 0.6) is 0 Å². The molecule has 1 aromatic rings. The van der Waals surface area contributed by atoms with Crippen molar-refractivity contribution >= 4 is 37.6 Å². The predicted molar refractivity (Wildman–Crippen MR) is 68.1 cm³/mol. The highest BCUT2D eigenvalue weighted by molar-refractivity contribution is 9.10. The molecule has 0 unspecified atom stereocenters. The number of halogens is 2. The lowest BCUT2D eigenvalue weighted by Crippen LogP contribution is -2.24. The van der Waals surface area contributed by atoms with Gasteiger partial charge in [0.05, 0.1) is 11.1 Å². The van der Waals surface area contributed by atoms with Gasteiger partial charge >= 0.3 is 5.97 Å². The zero-order valence-electron chi connectivity index (χ0n) is 9.44. The molecule has 5 nitrogen and oxygen atoms in total. The first kappa shape index (κ1) is 14.9. The lowest BCUT2D eigenvalue weighted by atomic mass is 10.3. The van der Waals surface area contributed by atoms with Crippen LogP contribution in [-0.2, 0) is 19.6 Å². The third-order valence-corrected chi connectivity index (χ3v) is 3.58. The standard InChI is InChI=1S/C10H11BrFNO4S/c1-2-17-10(14)6-18(15,16)13-7-3-4-9(12)8(11)5-7/h3-5,13H,2,6H2,1H3. The van der Waals surface area contributed by atoms with Crippen LogP contribution in [0.2, 0.25) is 0 Å². The number of carbonyl (C=O) groups excluding carboxylic acids is 1. The van der Waals surface area contributed by atoms with Gasteiger partial charge < -0.3 is 4.74 Å². The van der Waals surface area contributed by atoms with E-state index in [1.54, 1.807) is 6.92 Å². The summed E-state index contributed by atoms with van der Waals surface area (Å²) in [4.78, 5) is 11.1. The van der Waals surface area contributed by atoms with E-state index in [1.807, 2.05) is 0 Å². The molecule has 0 amide bonds. The van der Waals surface area contributed by atoms with Crippen LogP contribution in [0.25, 0.3) is 0 Å². The Morgan fingerprint density at radius 2 is 2.17 bits per heavy atom. The first-order valence-corrected chi connectivity index (χ1v) is 7.39. The summed E-state index contributed by atoms with van der Waals surface area (Å²) in [5, 5.41) is 0. The largest absolute Gasteiger partial charge is 0.465 e. The van der Waals surface area contributed by atoms with E-state index in [0.717, 1.165) is 6.07 Å². The van der Waals surface area contributed by atoms with Crippen LogP contribution in [0, 0.1) is 5.82 Å². The van der Waals surface area contributed by atoms with Crippen molar-refractivity contribution in [2.75, 3.05) is 17.1 Å². The molecule has 8 heteroatoms. The molecule has 0 aliphatic heterocycles. The molecule has 18 heavy (non-hydrogen) atoms. The number of esters is 1. The predicted octanol–water partition coefficient (Wildman–Crippen LogP) is 1.89. The van der Waals surface area contributed by atoms with Crippen molar-refractivity contribution in [1.29, 1.82) is 0 Å². The first-order valence-electron chi connectivity index (χ1n) is 4.95. The van der Waals surface area contributed by atoms with Gasteiger partial charge in [-0.15, -0.1) is 0 Å². The van der Waals surface area contributed by atoms with Gasteiger partial charge in [0, 0.05) is 5.69 Å². The fraction of sp³-hybridized carbons (Fsp3) is 0.300. The molecule has 0 saturated heterocycles. The number of sulfonamides is 1. The van der Waals surface area contributed by atoms with E-state index < -0.39 is 27.6 Å². The molecule has 0 bridgehead atoms. The zero-order valence-corrected chi connectivity index (χ0v) is 11.8. The van der Waals surface area contributed by atoms with Crippen LogP contribution in [-0.4, -0.2) is 26.7 Å². The second-order valence-corrected chi connectivity index (χ2v) is 5.87. The molecule has 0 spiro atoms. The Kier molecular flexibility index (Phi) is 5.09. The first-order chi connectivity index (χ1) is 8.34. The molecule has 1 N–H and O–H groups in total. The molecule has 0 heterocycles. The van der Waals surface area contributed by atoms with Crippen LogP contribution in [0.4, 0.5) is 10.1 Å². The molecule has 0 fully saturated rings. The number of rotatable bonds is 5. The second-order valence-electron chi connectivity index (χ2n) is 3.30. The molecular weight excluding hydrogens is 329 g/mol. The minimum absolute atomic E-state index is 0.108. The fourth-order valence-corrected chi connectivity index (χ4v) is 2.46. The van der Waals surface area contributed by atoms with Gasteiger partial charge in [0.1, 0.15) is 5.82 Å². The van der Waals surface area contributed by atoms with Gasteiger partial charge in [-0.1, -0.05) is 0 Å². The van der Waals surface area contributed by atoms with Gasteiger partial charge in [0.15, 0.2) is 5.75 Å². The quantitative estimate of drug-likeness (QED) is 0.831. The Morgan fingerprint density at radius 1 is 1.50 bits per heavy atom. The van der Waals surface area contributed by atoms with E-state index in [-0.39, 0.29) is 16.8 Å². The number of carbonyl (C=O) groups is 1. The van der Waals surface area contributed by atoms with E-state index in [1.165, 1.54) is 12.1 Å².